The average molecular weight is 400 g/mol. The van der Waals surface area contributed by atoms with Crippen molar-refractivity contribution >= 4 is 12.3 Å². The smallest absolute Gasteiger partial charge is 0.342 e. The van der Waals surface area contributed by atoms with Crippen molar-refractivity contribution < 1.29 is 29.6 Å². The molecule has 0 aromatic heterocycles. The molecule has 3 aliphatic rings. The summed E-state index contributed by atoms with van der Waals surface area (Å²) >= 11 is 0. The highest BCUT2D eigenvalue weighted by atomic mass is 16.5. The van der Waals surface area contributed by atoms with Gasteiger partial charge in [-0.2, -0.15) is 0 Å². The summed E-state index contributed by atoms with van der Waals surface area (Å²) in [5, 5.41) is 30.9. The van der Waals surface area contributed by atoms with Gasteiger partial charge in [-0.3, -0.25) is 4.79 Å². The molecule has 1 aromatic carbocycles. The third-order valence-electron chi connectivity index (χ3n) is 7.32. The van der Waals surface area contributed by atoms with Crippen LogP contribution in [0.25, 0.3) is 0 Å². The first-order chi connectivity index (χ1) is 13.4. The van der Waals surface area contributed by atoms with E-state index in [2.05, 4.69) is 20.8 Å². The van der Waals surface area contributed by atoms with Crippen molar-refractivity contribution in [3.63, 3.8) is 0 Å². The van der Waals surface area contributed by atoms with Crippen LogP contribution in [0.5, 0.6) is 11.5 Å². The number of phenols is 2. The predicted octanol–water partition coefficient (Wildman–Crippen LogP) is 3.26. The zero-order chi connectivity index (χ0) is 21.4. The van der Waals surface area contributed by atoms with Crippen molar-refractivity contribution in [2.24, 2.45) is 22.7 Å². The summed E-state index contributed by atoms with van der Waals surface area (Å²) in [6.45, 7) is 7.93. The summed E-state index contributed by atoms with van der Waals surface area (Å²) in [7, 11) is 0. The van der Waals surface area contributed by atoms with Crippen molar-refractivity contribution in [2.75, 3.05) is 0 Å². The van der Waals surface area contributed by atoms with Gasteiger partial charge in [0.1, 0.15) is 29.5 Å². The number of rotatable bonds is 3. The lowest BCUT2D eigenvalue weighted by molar-refractivity contribution is -0.163. The molecule has 3 aliphatic carbocycles. The highest BCUT2D eigenvalue weighted by Crippen LogP contribution is 2.68. The van der Waals surface area contributed by atoms with E-state index in [0.717, 1.165) is 18.8 Å². The molecule has 1 aromatic rings. The first kappa shape index (κ1) is 20.0. The van der Waals surface area contributed by atoms with Crippen molar-refractivity contribution in [1.82, 2.24) is 0 Å². The first-order valence-corrected chi connectivity index (χ1v) is 10.0. The number of hydrogen-bond acceptors (Lipinski definition) is 6. The van der Waals surface area contributed by atoms with Gasteiger partial charge in [0.05, 0.1) is 5.60 Å². The molecule has 2 fully saturated rings. The average Bonchev–Trinajstić information content (AvgIpc) is 2.81. The van der Waals surface area contributed by atoms with Crippen molar-refractivity contribution in [3.05, 3.63) is 34.9 Å². The Bertz CT molecular complexity index is 908. The molecule has 0 amide bonds. The van der Waals surface area contributed by atoms with Crippen LogP contribution in [0.15, 0.2) is 23.8 Å². The Balaban J connectivity index is 1.63. The first-order valence-electron chi connectivity index (χ1n) is 10.0. The molecule has 0 spiro atoms. The normalized spacial score (nSPS) is 37.0. The molecule has 0 aliphatic heterocycles. The van der Waals surface area contributed by atoms with E-state index >= 15 is 0 Å². The maximum atomic E-state index is 12.7. The van der Waals surface area contributed by atoms with E-state index in [1.54, 1.807) is 13.0 Å². The van der Waals surface area contributed by atoms with E-state index in [-0.39, 0.29) is 39.7 Å². The zero-order valence-corrected chi connectivity index (χ0v) is 17.2. The van der Waals surface area contributed by atoms with Gasteiger partial charge in [-0.25, -0.2) is 4.79 Å². The van der Waals surface area contributed by atoms with Gasteiger partial charge < -0.3 is 20.1 Å². The SMILES string of the molecule is Cc1cc(O)cc(O)c1C(=O)OC1CC2(C)C1C(C=O)=CC1(O)CC(C)(C)CC12. The molecular weight excluding hydrogens is 372 g/mol. The molecule has 156 valence electrons. The molecule has 2 saturated carbocycles. The lowest BCUT2D eigenvalue weighted by atomic mass is 9.46. The second-order valence-corrected chi connectivity index (χ2v) is 10.1. The molecule has 0 bridgehead atoms. The monoisotopic (exact) mass is 400 g/mol. The number of hydrogen-bond donors (Lipinski definition) is 3. The van der Waals surface area contributed by atoms with Crippen LogP contribution in [0.1, 0.15) is 56.0 Å². The maximum absolute atomic E-state index is 12.7. The van der Waals surface area contributed by atoms with Crippen LogP contribution in [0, 0.1) is 29.6 Å². The minimum absolute atomic E-state index is 0.00235. The van der Waals surface area contributed by atoms with Crippen LogP contribution < -0.4 is 0 Å². The number of phenolic OH excluding ortho intramolecular Hbond substituents is 2. The summed E-state index contributed by atoms with van der Waals surface area (Å²) in [6.07, 6.45) is 3.97. The Morgan fingerprint density at radius 2 is 1.90 bits per heavy atom. The number of fused-ring (bicyclic) bond motifs is 3. The molecule has 0 heterocycles. The summed E-state index contributed by atoms with van der Waals surface area (Å²) in [4.78, 5) is 24.6. The highest BCUT2D eigenvalue weighted by molar-refractivity contribution is 5.94. The van der Waals surface area contributed by atoms with Crippen molar-refractivity contribution in [2.45, 2.75) is 58.7 Å². The molecule has 3 N–H and O–H groups in total. The number of ether oxygens (including phenoxy) is 1. The largest absolute Gasteiger partial charge is 0.508 e. The van der Waals surface area contributed by atoms with Gasteiger partial charge in [0.2, 0.25) is 0 Å². The summed E-state index contributed by atoms with van der Waals surface area (Å²) in [5.74, 6) is -1.42. The molecule has 0 saturated heterocycles. The van der Waals surface area contributed by atoms with E-state index in [1.807, 2.05) is 0 Å². The fourth-order valence-corrected chi connectivity index (χ4v) is 6.35. The Labute approximate surface area is 170 Å². The quantitative estimate of drug-likeness (QED) is 0.531. The van der Waals surface area contributed by atoms with Crippen molar-refractivity contribution in [1.29, 1.82) is 0 Å². The zero-order valence-electron chi connectivity index (χ0n) is 17.2. The Morgan fingerprint density at radius 1 is 1.21 bits per heavy atom. The van der Waals surface area contributed by atoms with Gasteiger partial charge in [-0.15, -0.1) is 0 Å². The lowest BCUT2D eigenvalue weighted by Crippen LogP contribution is -2.62. The third-order valence-corrected chi connectivity index (χ3v) is 7.32. The van der Waals surface area contributed by atoms with Crippen LogP contribution in [-0.2, 0) is 9.53 Å². The maximum Gasteiger partial charge on any atom is 0.342 e. The number of carbonyl (C=O) groups is 2. The molecule has 0 radical (unpaired) electrons. The summed E-state index contributed by atoms with van der Waals surface area (Å²) < 4.78 is 5.71. The molecule has 6 nitrogen and oxygen atoms in total. The van der Waals surface area contributed by atoms with Gasteiger partial charge >= 0.3 is 5.97 Å². The fourth-order valence-electron chi connectivity index (χ4n) is 6.35. The second kappa shape index (κ2) is 6.08. The molecule has 6 heteroatoms. The Hall–Kier alpha value is -2.34. The summed E-state index contributed by atoms with van der Waals surface area (Å²) in [5.41, 5.74) is -0.451. The molecule has 29 heavy (non-hydrogen) atoms. The van der Waals surface area contributed by atoms with Crippen molar-refractivity contribution in [3.8, 4) is 11.5 Å². The molecule has 4 rings (SSSR count). The van der Waals surface area contributed by atoms with Gasteiger partial charge in [0.25, 0.3) is 0 Å². The van der Waals surface area contributed by atoms with E-state index in [9.17, 15) is 24.9 Å². The standard InChI is InChI=1S/C23H28O6/c1-12-5-14(25)6-15(26)18(12)20(27)29-16-8-22(4)17-9-21(2,3)11-23(17,28)7-13(10-24)19(16)22/h5-7,10,16-17,19,25-26,28H,8-9,11H2,1-4H3. The highest BCUT2D eigenvalue weighted by Gasteiger charge is 2.68. The van der Waals surface area contributed by atoms with E-state index in [4.69, 9.17) is 4.74 Å². The van der Waals surface area contributed by atoms with Gasteiger partial charge in [-0.05, 0) is 66.2 Å². The number of aromatic hydroxyl groups is 2. The molecular formula is C23H28O6. The van der Waals surface area contributed by atoms with Gasteiger partial charge in [0, 0.05) is 12.0 Å². The van der Waals surface area contributed by atoms with Crippen LogP contribution in [0.4, 0.5) is 0 Å². The van der Waals surface area contributed by atoms with E-state index in [0.29, 0.717) is 24.0 Å². The van der Waals surface area contributed by atoms with Gasteiger partial charge in [-0.1, -0.05) is 20.8 Å². The topological polar surface area (TPSA) is 104 Å². The number of esters is 1. The van der Waals surface area contributed by atoms with E-state index in [1.165, 1.54) is 6.07 Å². The number of aldehydes is 1. The van der Waals surface area contributed by atoms with E-state index < -0.39 is 17.7 Å². The predicted molar refractivity (Wildman–Crippen MR) is 106 cm³/mol. The molecule has 5 atom stereocenters. The number of carbonyl (C=O) groups excluding carboxylic acids is 2. The fraction of sp³-hybridized carbons (Fsp3) is 0.565. The number of benzene rings is 1. The van der Waals surface area contributed by atoms with Crippen LogP contribution in [0.3, 0.4) is 0 Å². The molecule has 5 unspecified atom stereocenters. The lowest BCUT2D eigenvalue weighted by Gasteiger charge is -2.60. The third kappa shape index (κ3) is 2.88. The minimum atomic E-state index is -1.01. The van der Waals surface area contributed by atoms with Crippen LogP contribution in [0.2, 0.25) is 0 Å². The van der Waals surface area contributed by atoms with Crippen LogP contribution in [-0.4, -0.2) is 39.3 Å². The number of aryl methyl sites for hydroxylation is 1. The summed E-state index contributed by atoms with van der Waals surface area (Å²) in [6, 6.07) is 2.49. The van der Waals surface area contributed by atoms with Crippen LogP contribution >= 0.6 is 0 Å². The number of aliphatic hydroxyl groups is 1. The Morgan fingerprint density at radius 3 is 2.52 bits per heavy atom. The Kier molecular flexibility index (Phi) is 4.18. The van der Waals surface area contributed by atoms with Gasteiger partial charge in [0.15, 0.2) is 0 Å². The minimum Gasteiger partial charge on any atom is -0.508 e. The second-order valence-electron chi connectivity index (χ2n) is 10.1.